The topological polar surface area (TPSA) is 67.9 Å². The van der Waals surface area contributed by atoms with Crippen molar-refractivity contribution >= 4 is 0 Å². The lowest BCUT2D eigenvalue weighted by molar-refractivity contribution is 0.222. The van der Waals surface area contributed by atoms with Crippen LogP contribution in [-0.2, 0) is 12.9 Å². The third-order valence-corrected chi connectivity index (χ3v) is 1.85. The fourth-order valence-electron chi connectivity index (χ4n) is 1.22. The van der Waals surface area contributed by atoms with Gasteiger partial charge in [0, 0.05) is 13.0 Å². The molecule has 0 atom stereocenters. The molecule has 1 aliphatic rings. The van der Waals surface area contributed by atoms with Crippen molar-refractivity contribution < 1.29 is 12.0 Å². The van der Waals surface area contributed by atoms with Gasteiger partial charge in [0.15, 0.2) is 5.76 Å². The molecule has 0 aliphatic carbocycles. The highest BCUT2D eigenvalue weighted by atomic mass is 16.5. The van der Waals surface area contributed by atoms with Crippen molar-refractivity contribution in [1.29, 1.82) is 0 Å². The predicted molar refractivity (Wildman–Crippen MR) is 43.0 cm³/mol. The van der Waals surface area contributed by atoms with E-state index in [-0.39, 0.29) is 18.2 Å². The molecule has 0 bridgehead atoms. The molecule has 6 nitrogen and oxygen atoms in total. The Morgan fingerprint density at radius 1 is 1.85 bits per heavy atom. The Labute approximate surface area is 77.2 Å². The Hall–Kier alpha value is -1.59. The number of rotatable bonds is 2. The van der Waals surface area contributed by atoms with Crippen LogP contribution in [0.2, 0.25) is 0 Å². The first-order valence-corrected chi connectivity index (χ1v) is 3.75. The van der Waals surface area contributed by atoms with Crippen LogP contribution in [0.4, 0.5) is 0 Å². The summed E-state index contributed by atoms with van der Waals surface area (Å²) in [5, 5.41) is 6.98. The molecule has 0 N–H and O–H groups in total. The summed E-state index contributed by atoms with van der Waals surface area (Å²) in [5.74, 6) is 0.254. The zero-order valence-corrected chi connectivity index (χ0v) is 6.98. The maximum Gasteiger partial charge on any atom is 0.257 e. The van der Waals surface area contributed by atoms with Crippen molar-refractivity contribution in [3.63, 3.8) is 0 Å². The Morgan fingerprint density at radius 2 is 2.69 bits per heavy atom. The molecule has 0 saturated heterocycles. The average molecular weight is 185 g/mol. The number of aromatic nitrogens is 1. The van der Waals surface area contributed by atoms with Gasteiger partial charge in [0.05, 0.1) is 20.7 Å². The molecular formula is C7H9N3O3. The van der Waals surface area contributed by atoms with E-state index >= 15 is 0 Å². The summed E-state index contributed by atoms with van der Waals surface area (Å²) in [6.45, 7) is -1.87. The van der Waals surface area contributed by atoms with E-state index in [1.54, 1.807) is 0 Å². The fourth-order valence-corrected chi connectivity index (χ4v) is 1.22. The van der Waals surface area contributed by atoms with Gasteiger partial charge in [-0.2, -0.15) is 0 Å². The summed E-state index contributed by atoms with van der Waals surface area (Å²) < 4.78 is 25.1. The lowest BCUT2D eigenvalue weighted by atomic mass is 10.1. The van der Waals surface area contributed by atoms with Gasteiger partial charge in [-0.05, 0) is 5.16 Å². The lowest BCUT2D eigenvalue weighted by Crippen LogP contribution is -2.24. The lowest BCUT2D eigenvalue weighted by Gasteiger charge is -2.18. The third-order valence-electron chi connectivity index (χ3n) is 1.85. The quantitative estimate of drug-likeness (QED) is 0.635. The maximum absolute atomic E-state index is 10.4. The molecule has 1 aliphatic heterocycles. The summed E-state index contributed by atoms with van der Waals surface area (Å²) in [6, 6.07) is 0. The van der Waals surface area contributed by atoms with Gasteiger partial charge in [0.2, 0.25) is 0 Å². The fraction of sp³-hybridized carbons (Fsp3) is 0.571. The highest BCUT2D eigenvalue weighted by Crippen LogP contribution is 2.26. The van der Waals surface area contributed by atoms with Crippen molar-refractivity contribution in [2.75, 3.05) is 13.7 Å². The second-order valence-corrected chi connectivity index (χ2v) is 2.57. The van der Waals surface area contributed by atoms with Crippen molar-refractivity contribution in [3.05, 3.63) is 16.2 Å². The second-order valence-electron chi connectivity index (χ2n) is 2.57. The van der Waals surface area contributed by atoms with E-state index in [0.717, 1.165) is 5.01 Å². The molecule has 0 amide bonds. The number of hydrogen-bond donors (Lipinski definition) is 0. The Kier molecular flexibility index (Phi) is 1.39. The van der Waals surface area contributed by atoms with Crippen molar-refractivity contribution in [2.24, 2.45) is 5.29 Å². The minimum absolute atomic E-state index is 0.00907. The van der Waals surface area contributed by atoms with E-state index in [4.69, 9.17) is 12.0 Å². The molecule has 0 spiro atoms. The van der Waals surface area contributed by atoms with Gasteiger partial charge in [0.1, 0.15) is 6.50 Å². The van der Waals surface area contributed by atoms with E-state index in [2.05, 4.69) is 10.4 Å². The number of nitroso groups, excluding NO2 is 1. The molecule has 1 aromatic rings. The highest BCUT2D eigenvalue weighted by Gasteiger charge is 2.24. The Bertz CT molecular complexity index is 393. The minimum atomic E-state index is -2.06. The standard InChI is InChI=1S/C7H9N3O3/c1-12-7-5-2-3-10(9-11)4-6(5)13-8-7/h2-4H2,1H3/i4D2. The molecule has 0 aromatic carbocycles. The molecule has 70 valence electrons. The first kappa shape index (κ1) is 5.95. The van der Waals surface area contributed by atoms with Gasteiger partial charge in [-0.1, -0.05) is 0 Å². The van der Waals surface area contributed by atoms with Crippen molar-refractivity contribution in [3.8, 4) is 5.88 Å². The van der Waals surface area contributed by atoms with Gasteiger partial charge in [-0.3, -0.25) is 5.01 Å². The van der Waals surface area contributed by atoms with Crippen LogP contribution in [-0.4, -0.2) is 23.8 Å². The third kappa shape index (κ3) is 1.24. The number of nitrogens with zero attached hydrogens (tertiary/aromatic N) is 3. The van der Waals surface area contributed by atoms with Gasteiger partial charge < -0.3 is 9.26 Å². The van der Waals surface area contributed by atoms with Crippen LogP contribution in [0, 0.1) is 4.91 Å². The van der Waals surface area contributed by atoms with E-state index in [1.807, 2.05) is 0 Å². The smallest absolute Gasteiger partial charge is 0.257 e. The largest absolute Gasteiger partial charge is 0.479 e. The second kappa shape index (κ2) is 3.04. The molecule has 13 heavy (non-hydrogen) atoms. The number of ether oxygens (including phenoxy) is 1. The summed E-state index contributed by atoms with van der Waals surface area (Å²) in [5.41, 5.74) is 0.558. The van der Waals surface area contributed by atoms with Crippen LogP contribution < -0.4 is 4.74 Å². The number of hydrogen-bond acceptors (Lipinski definition) is 5. The van der Waals surface area contributed by atoms with E-state index in [0.29, 0.717) is 12.0 Å². The van der Waals surface area contributed by atoms with Crippen LogP contribution >= 0.6 is 0 Å². The van der Waals surface area contributed by atoms with Gasteiger partial charge in [-0.25, -0.2) is 0 Å². The summed E-state index contributed by atoms with van der Waals surface area (Å²) in [6.07, 6.45) is 0.424. The normalized spacial score (nSPS) is 21.5. The molecule has 2 heterocycles. The van der Waals surface area contributed by atoms with Crippen LogP contribution in [0.25, 0.3) is 0 Å². The van der Waals surface area contributed by atoms with Crippen LogP contribution in [0.15, 0.2) is 9.81 Å². The minimum Gasteiger partial charge on any atom is -0.479 e. The van der Waals surface area contributed by atoms with Crippen molar-refractivity contribution in [2.45, 2.75) is 12.9 Å². The van der Waals surface area contributed by atoms with Gasteiger partial charge in [0.25, 0.3) is 5.88 Å². The van der Waals surface area contributed by atoms with E-state index in [1.165, 1.54) is 7.11 Å². The molecule has 0 radical (unpaired) electrons. The number of methoxy groups -OCH3 is 1. The monoisotopic (exact) mass is 185 g/mol. The van der Waals surface area contributed by atoms with Gasteiger partial charge >= 0.3 is 0 Å². The maximum atomic E-state index is 10.4. The summed E-state index contributed by atoms with van der Waals surface area (Å²) in [7, 11) is 1.43. The van der Waals surface area contributed by atoms with Crippen LogP contribution in [0.1, 0.15) is 14.1 Å². The number of fused-ring (bicyclic) bond motifs is 1. The first-order chi connectivity index (χ1) is 7.11. The molecule has 6 heteroatoms. The molecular weight excluding hydrogens is 174 g/mol. The zero-order chi connectivity index (χ0) is 11.1. The summed E-state index contributed by atoms with van der Waals surface area (Å²) >= 11 is 0. The highest BCUT2D eigenvalue weighted by molar-refractivity contribution is 5.30. The summed E-state index contributed by atoms with van der Waals surface area (Å²) in [4.78, 5) is 10.4. The Morgan fingerprint density at radius 3 is 3.38 bits per heavy atom. The predicted octanol–water partition coefficient (Wildman–Crippen LogP) is 0.723. The van der Waals surface area contributed by atoms with E-state index < -0.39 is 6.50 Å². The molecule has 1 aromatic heterocycles. The Balaban J connectivity index is 2.48. The zero-order valence-electron chi connectivity index (χ0n) is 8.98. The molecule has 0 saturated carbocycles. The van der Waals surface area contributed by atoms with Crippen LogP contribution in [0.3, 0.4) is 0 Å². The average Bonchev–Trinajstić information content (AvgIpc) is 2.62. The van der Waals surface area contributed by atoms with Gasteiger partial charge in [-0.15, -0.1) is 4.91 Å². The first-order valence-electron chi connectivity index (χ1n) is 4.75. The molecule has 0 fully saturated rings. The van der Waals surface area contributed by atoms with Crippen LogP contribution in [0.5, 0.6) is 5.88 Å². The molecule has 2 rings (SSSR count). The van der Waals surface area contributed by atoms with Crippen molar-refractivity contribution in [1.82, 2.24) is 10.2 Å². The van der Waals surface area contributed by atoms with E-state index in [9.17, 15) is 4.91 Å². The molecule has 0 unspecified atom stereocenters. The SMILES string of the molecule is [2H]C1([2H])c2onc(OC)c2CCN1N=O.